The highest BCUT2D eigenvalue weighted by molar-refractivity contribution is 6.25. The molecule has 4 heteroatoms. The molecule has 0 aliphatic rings. The normalized spacial score (nSPS) is 11.9. The number of aromatic nitrogens is 4. The molecule has 21 rings (SSSR count). The number of fused-ring (bicyclic) bond motifs is 18. The van der Waals surface area contributed by atoms with Gasteiger partial charge >= 0.3 is 0 Å². The van der Waals surface area contributed by atoms with Crippen molar-refractivity contribution in [3.05, 3.63) is 364 Å². The van der Waals surface area contributed by atoms with Crippen molar-refractivity contribution in [2.45, 2.75) is 0 Å². The topological polar surface area (TPSA) is 19.7 Å². The first-order chi connectivity index (χ1) is 48.6. The molecule has 4 nitrogen and oxygen atoms in total. The highest BCUT2D eigenvalue weighted by Gasteiger charge is 2.21. The van der Waals surface area contributed by atoms with Crippen molar-refractivity contribution in [3.8, 4) is 56.1 Å². The molecule has 17 aromatic carbocycles. The number of benzene rings is 17. The minimum Gasteiger partial charge on any atom is -0.309 e. The van der Waals surface area contributed by atoms with Crippen molar-refractivity contribution in [1.82, 2.24) is 18.3 Å². The molecule has 0 aliphatic carbocycles. The highest BCUT2D eigenvalue weighted by Crippen LogP contribution is 2.44. The third-order valence-corrected chi connectivity index (χ3v) is 20.6. The van der Waals surface area contributed by atoms with E-state index < -0.39 is 0 Å². The van der Waals surface area contributed by atoms with E-state index >= 15 is 0 Å². The average Bonchev–Trinajstić information content (AvgIpc) is 1.57. The van der Waals surface area contributed by atoms with Crippen LogP contribution in [0.1, 0.15) is 0 Å². The van der Waals surface area contributed by atoms with Gasteiger partial charge in [0.05, 0.1) is 44.1 Å². The van der Waals surface area contributed by atoms with Gasteiger partial charge < -0.3 is 18.3 Å². The molecule has 0 atom stereocenters. The maximum Gasteiger partial charge on any atom is 0.0547 e. The Hall–Kier alpha value is -13.0. The van der Waals surface area contributed by atoms with Gasteiger partial charge in [0.2, 0.25) is 0 Å². The fourth-order valence-electron chi connectivity index (χ4n) is 16.1. The Morgan fingerprint density at radius 3 is 1.02 bits per heavy atom. The molecule has 0 fully saturated rings. The third-order valence-electron chi connectivity index (χ3n) is 20.6. The Bertz CT molecular complexity index is 6700. The van der Waals surface area contributed by atoms with E-state index in [1.165, 1.54) is 186 Å². The number of hydrogen-bond acceptors (Lipinski definition) is 0. The summed E-state index contributed by atoms with van der Waals surface area (Å²) in [5, 5.41) is 20.4. The number of hydrogen-bond donors (Lipinski definition) is 0. The second-order valence-electron chi connectivity index (χ2n) is 25.9. The van der Waals surface area contributed by atoms with E-state index in [4.69, 9.17) is 0 Å². The van der Waals surface area contributed by atoms with E-state index in [1.54, 1.807) is 0 Å². The first-order valence-corrected chi connectivity index (χ1v) is 33.8. The molecule has 21 aromatic rings. The molecule has 4 heterocycles. The summed E-state index contributed by atoms with van der Waals surface area (Å²) in [6.07, 6.45) is 0. The van der Waals surface area contributed by atoms with E-state index in [2.05, 4.69) is 382 Å². The van der Waals surface area contributed by atoms with Crippen molar-refractivity contribution in [3.63, 3.8) is 0 Å². The Labute approximate surface area is 565 Å². The minimum absolute atomic E-state index is 1.17. The Kier molecular flexibility index (Phi) is 12.6. The van der Waals surface area contributed by atoms with E-state index in [9.17, 15) is 0 Å². The Morgan fingerprint density at radius 2 is 0.469 bits per heavy atom. The minimum atomic E-state index is 1.17. The predicted molar refractivity (Wildman–Crippen MR) is 417 cm³/mol. The van der Waals surface area contributed by atoms with E-state index in [0.717, 1.165) is 0 Å². The zero-order valence-corrected chi connectivity index (χ0v) is 53.4. The van der Waals surface area contributed by atoms with Crippen molar-refractivity contribution in [2.24, 2.45) is 0 Å². The first kappa shape index (κ1) is 55.4. The summed E-state index contributed by atoms with van der Waals surface area (Å²) in [5.74, 6) is 0. The van der Waals surface area contributed by atoms with Crippen LogP contribution in [-0.4, -0.2) is 18.3 Å². The summed E-state index contributed by atoms with van der Waals surface area (Å²) in [6.45, 7) is 0. The van der Waals surface area contributed by atoms with Gasteiger partial charge in [-0.15, -0.1) is 0 Å². The van der Waals surface area contributed by atoms with Gasteiger partial charge in [-0.3, -0.25) is 0 Å². The quantitative estimate of drug-likeness (QED) is 0.142. The zero-order chi connectivity index (χ0) is 64.4. The lowest BCUT2D eigenvalue weighted by Crippen LogP contribution is -1.94. The largest absolute Gasteiger partial charge is 0.309 e. The van der Waals surface area contributed by atoms with E-state index in [0.29, 0.717) is 0 Å². The van der Waals surface area contributed by atoms with Crippen LogP contribution in [-0.2, 0) is 0 Å². The number of para-hydroxylation sites is 7. The van der Waals surface area contributed by atoms with Crippen LogP contribution < -0.4 is 0 Å². The Morgan fingerprint density at radius 1 is 0.143 bits per heavy atom. The second-order valence-corrected chi connectivity index (χ2v) is 25.9. The molecular formula is C94H60N4. The van der Waals surface area contributed by atoms with Gasteiger partial charge in [-0.25, -0.2) is 0 Å². The maximum absolute atomic E-state index is 2.43. The summed E-state index contributed by atoms with van der Waals surface area (Å²) in [7, 11) is 0. The van der Waals surface area contributed by atoms with Crippen molar-refractivity contribution < 1.29 is 0 Å². The van der Waals surface area contributed by atoms with Gasteiger partial charge in [-0.1, -0.05) is 243 Å². The molecule has 0 unspecified atom stereocenters. The van der Waals surface area contributed by atoms with Crippen molar-refractivity contribution >= 4 is 130 Å². The van der Waals surface area contributed by atoms with Crippen LogP contribution in [0, 0.1) is 0 Å². The van der Waals surface area contributed by atoms with Crippen molar-refractivity contribution in [1.29, 1.82) is 0 Å². The van der Waals surface area contributed by atoms with Gasteiger partial charge in [0.15, 0.2) is 0 Å². The molecule has 0 amide bonds. The lowest BCUT2D eigenvalue weighted by Gasteiger charge is -2.12. The summed E-state index contributed by atoms with van der Waals surface area (Å²) >= 11 is 0. The number of rotatable bonds is 7. The fraction of sp³-hybridized carbons (Fsp3) is 0. The van der Waals surface area contributed by atoms with Crippen LogP contribution in [0.5, 0.6) is 0 Å². The summed E-state index contributed by atoms with van der Waals surface area (Å²) in [4.78, 5) is 0. The van der Waals surface area contributed by atoms with Crippen LogP contribution in [0.15, 0.2) is 364 Å². The molecular weight excluding hydrogens is 1190 g/mol. The SMILES string of the molecule is c1ccc(-n2c3cc(-c4ccc(-n5c6ccccc6c6ccccc65)cc4)ccc3c3c4cc5ccccc5cc4ccc32)cc1.c1ccc(-n2c3ccccc3c3ccc(-c4ccc(-c5cccc6cc7c(ccc8c7c7ccccc7n8-c7ccccc7)cc56)cc4)cc32)cc1. The van der Waals surface area contributed by atoms with Crippen LogP contribution in [0.25, 0.3) is 186 Å². The fourth-order valence-corrected chi connectivity index (χ4v) is 16.1. The van der Waals surface area contributed by atoms with E-state index in [1.807, 2.05) is 0 Å². The van der Waals surface area contributed by atoms with Gasteiger partial charge in [-0.2, -0.15) is 0 Å². The summed E-state index contributed by atoms with van der Waals surface area (Å²) in [5.41, 5.74) is 21.8. The third kappa shape index (κ3) is 8.78. The molecule has 0 aliphatic heterocycles. The van der Waals surface area contributed by atoms with Gasteiger partial charge in [0.25, 0.3) is 0 Å². The Balaban J connectivity index is 0.000000134. The lowest BCUT2D eigenvalue weighted by molar-refractivity contribution is 1.18. The predicted octanol–water partition coefficient (Wildman–Crippen LogP) is 25.4. The molecule has 4 aromatic heterocycles. The molecule has 98 heavy (non-hydrogen) atoms. The number of nitrogens with zero attached hydrogens (tertiary/aromatic N) is 4. The maximum atomic E-state index is 2.43. The first-order valence-electron chi connectivity index (χ1n) is 33.8. The van der Waals surface area contributed by atoms with Crippen molar-refractivity contribution in [2.75, 3.05) is 0 Å². The van der Waals surface area contributed by atoms with Crippen LogP contribution in [0.3, 0.4) is 0 Å². The van der Waals surface area contributed by atoms with Gasteiger partial charge in [-0.05, 0) is 198 Å². The van der Waals surface area contributed by atoms with E-state index in [-0.39, 0.29) is 0 Å². The van der Waals surface area contributed by atoms with Crippen LogP contribution >= 0.6 is 0 Å². The van der Waals surface area contributed by atoms with Gasteiger partial charge in [0, 0.05) is 65.8 Å². The molecule has 0 spiro atoms. The molecule has 0 saturated carbocycles. The van der Waals surface area contributed by atoms with Crippen LogP contribution in [0.2, 0.25) is 0 Å². The zero-order valence-electron chi connectivity index (χ0n) is 53.4. The lowest BCUT2D eigenvalue weighted by atomic mass is 9.93. The molecule has 456 valence electrons. The highest BCUT2D eigenvalue weighted by atomic mass is 15.0. The summed E-state index contributed by atoms with van der Waals surface area (Å²) in [6, 6.07) is 133. The summed E-state index contributed by atoms with van der Waals surface area (Å²) < 4.78 is 9.58. The second kappa shape index (κ2) is 22.3. The smallest absolute Gasteiger partial charge is 0.0547 e. The molecule has 0 radical (unpaired) electrons. The standard InChI is InChI=1S/C50H32N2.C44H28N2/c1-3-13-38(14-4-1)51-47-21-10-8-18-43(47)50-45-31-36-12-11-19-40(44(36)30-37(45)27-29-48(50)51)34-24-22-33(23-25-34)35-26-28-42-41-17-7-9-20-46(41)52(49(42)32-35)39-15-5-2-6-16-39;1-2-12-34(13-3-1)46-42-25-21-33-26-30-10-4-5-11-31(30)27-39(33)44(42)38-24-20-32(28-43(38)46)29-18-22-35(23-19-29)45-40-16-8-6-14-36(40)37-15-7-9-17-41(37)45/h1-32H;1-28H. The van der Waals surface area contributed by atoms with Gasteiger partial charge in [0.1, 0.15) is 0 Å². The average molecular weight is 1250 g/mol. The molecule has 0 N–H and O–H groups in total. The molecule has 0 bridgehead atoms. The van der Waals surface area contributed by atoms with Crippen LogP contribution in [0.4, 0.5) is 0 Å². The monoisotopic (exact) mass is 1240 g/mol. The molecule has 0 saturated heterocycles.